The lowest BCUT2D eigenvalue weighted by atomic mass is 10.1. The van der Waals surface area contributed by atoms with Gasteiger partial charge in [-0.15, -0.1) is 0 Å². The van der Waals surface area contributed by atoms with Gasteiger partial charge in [0.1, 0.15) is 6.10 Å². The Kier molecular flexibility index (Phi) is 11.5. The first kappa shape index (κ1) is 31.9. The van der Waals surface area contributed by atoms with Gasteiger partial charge in [-0.25, -0.2) is 9.06 Å². The van der Waals surface area contributed by atoms with Crippen molar-refractivity contribution in [2.75, 3.05) is 6.61 Å². The molecule has 0 N–H and O–H groups in total. The summed E-state index contributed by atoms with van der Waals surface area (Å²) in [6.45, 7) is 16.9. The van der Waals surface area contributed by atoms with Crippen LogP contribution in [0.15, 0.2) is 35.4 Å². The highest BCUT2D eigenvalue weighted by molar-refractivity contribution is 8.77. The number of amides is 1. The van der Waals surface area contributed by atoms with Crippen LogP contribution in [-0.2, 0) is 29.8 Å². The average Bonchev–Trinajstić information content (AvgIpc) is 3.17. The number of hydrogen-bond donors (Lipinski definition) is 0. The van der Waals surface area contributed by atoms with E-state index < -0.39 is 39.0 Å². The molecule has 5 atom stereocenters. The van der Waals surface area contributed by atoms with Crippen LogP contribution in [0.25, 0.3) is 0 Å². The van der Waals surface area contributed by atoms with Crippen molar-refractivity contribution in [3.05, 3.63) is 41.6 Å². The van der Waals surface area contributed by atoms with Crippen molar-refractivity contribution in [3.8, 4) is 0 Å². The van der Waals surface area contributed by atoms with E-state index in [-0.39, 0.29) is 35.9 Å². The molecule has 2 aliphatic rings. The van der Waals surface area contributed by atoms with Gasteiger partial charge < -0.3 is 13.8 Å². The van der Waals surface area contributed by atoms with Crippen molar-refractivity contribution in [1.82, 2.24) is 9.57 Å². The fourth-order valence-electron chi connectivity index (χ4n) is 4.39. The van der Waals surface area contributed by atoms with Crippen LogP contribution in [0.2, 0.25) is 0 Å². The van der Waals surface area contributed by atoms with Gasteiger partial charge in [0.15, 0.2) is 18.2 Å². The molecule has 11 heteroatoms. The van der Waals surface area contributed by atoms with Crippen LogP contribution in [0.5, 0.6) is 0 Å². The van der Waals surface area contributed by atoms with Gasteiger partial charge in [0.2, 0.25) is 5.91 Å². The minimum absolute atomic E-state index is 0.0537. The second-order valence-corrected chi connectivity index (χ2v) is 16.0. The van der Waals surface area contributed by atoms with Crippen LogP contribution >= 0.6 is 30.1 Å². The van der Waals surface area contributed by atoms with Crippen LogP contribution in [0.1, 0.15) is 74.3 Å². The molecule has 40 heavy (non-hydrogen) atoms. The number of allylic oxidation sites excluding steroid dienone is 1. The van der Waals surface area contributed by atoms with E-state index in [9.17, 15) is 9.59 Å². The number of ether oxygens (including phenoxy) is 1. The van der Waals surface area contributed by atoms with Gasteiger partial charge >= 0.3 is 0 Å². The molecule has 7 nitrogen and oxygen atoms in total. The second-order valence-electron chi connectivity index (χ2n) is 11.6. The van der Waals surface area contributed by atoms with E-state index in [1.165, 1.54) is 28.3 Å². The van der Waals surface area contributed by atoms with Crippen molar-refractivity contribution in [2.45, 2.75) is 121 Å². The molecule has 1 saturated heterocycles. The van der Waals surface area contributed by atoms with Crippen molar-refractivity contribution < 1.29 is 29.1 Å². The topological polar surface area (TPSA) is 68.3 Å². The first-order valence-corrected chi connectivity index (χ1v) is 16.9. The van der Waals surface area contributed by atoms with Gasteiger partial charge in [-0.05, 0) is 71.2 Å². The molecule has 1 amide bonds. The zero-order valence-corrected chi connectivity index (χ0v) is 27.3. The van der Waals surface area contributed by atoms with E-state index in [1.807, 2.05) is 38.5 Å². The van der Waals surface area contributed by atoms with Crippen LogP contribution < -0.4 is 0 Å². The third kappa shape index (κ3) is 9.00. The Balaban J connectivity index is 1.78. The molecular weight excluding hydrogens is 570 g/mol. The van der Waals surface area contributed by atoms with Gasteiger partial charge in [0, 0.05) is 29.3 Å². The highest BCUT2D eigenvalue weighted by Gasteiger charge is 2.50. The predicted molar refractivity (Wildman–Crippen MR) is 163 cm³/mol. The Morgan fingerprint density at radius 3 is 2.55 bits per heavy atom. The van der Waals surface area contributed by atoms with Crippen LogP contribution in [0.3, 0.4) is 0 Å². The lowest BCUT2D eigenvalue weighted by molar-refractivity contribution is -0.145. The number of alkyl halides is 1. The molecule has 5 unspecified atom stereocenters. The summed E-state index contributed by atoms with van der Waals surface area (Å²) in [6, 6.07) is 6.53. The maximum absolute atomic E-state index is 15.9. The maximum atomic E-state index is 15.9. The smallest absolute Gasteiger partial charge is 0.259 e. The van der Waals surface area contributed by atoms with E-state index in [2.05, 4.69) is 50.6 Å². The molecule has 0 spiro atoms. The highest BCUT2D eigenvalue weighted by atomic mass is 33.1. The number of benzene rings is 1. The molecule has 2 aliphatic heterocycles. The van der Waals surface area contributed by atoms with E-state index in [1.54, 1.807) is 10.8 Å². The zero-order valence-electron chi connectivity index (χ0n) is 25.8. The molecule has 3 rings (SSSR count). The first-order valence-electron chi connectivity index (χ1n) is 14.4. The minimum Gasteiger partial charge on any atom is -0.349 e. The fourth-order valence-corrected chi connectivity index (χ4v) is 8.50. The predicted octanol–water partition coefficient (Wildman–Crippen LogP) is 7.22. The molecule has 1 aromatic carbocycles. The zero-order chi connectivity index (χ0) is 30.5. The second kappa shape index (κ2) is 14.5. The van der Waals surface area contributed by atoms with Gasteiger partial charge in [0.25, 0.3) is 8.53 Å². The van der Waals surface area contributed by atoms with Crippen molar-refractivity contribution in [3.63, 3.8) is 0 Å². The standard InChI is InChI=1S/C29H44FN2O5PS2/c1-18(2)32(19(3)4)38(35-15-13-22-11-10-20(5)16-24(22)39-40-29(7,8)9)37-27-21(6)36-28(26(27)30)31-14-12-23(33)17-25(31)34/h10-12,14,16,18-19,21,26-28H,13,15,17H2,1-9H3/i6D. The van der Waals surface area contributed by atoms with E-state index in [0.29, 0.717) is 13.0 Å². The molecule has 224 valence electrons. The van der Waals surface area contributed by atoms with Crippen LogP contribution in [0.4, 0.5) is 4.39 Å². The highest BCUT2D eigenvalue weighted by Crippen LogP contribution is 2.50. The first-order chi connectivity index (χ1) is 19.2. The summed E-state index contributed by atoms with van der Waals surface area (Å²) in [5.41, 5.74) is 2.37. The monoisotopic (exact) mass is 615 g/mol. The Labute approximate surface area is 249 Å². The summed E-state index contributed by atoms with van der Waals surface area (Å²) in [6.07, 6.45) is -2.14. The summed E-state index contributed by atoms with van der Waals surface area (Å²) in [5, 5.41) is 0. The molecule has 0 aromatic heterocycles. The molecule has 2 heterocycles. The number of nitrogens with zero attached hydrogens (tertiary/aromatic N) is 2. The molecule has 0 bridgehead atoms. The third-order valence-corrected chi connectivity index (χ3v) is 11.8. The molecule has 1 aromatic rings. The number of carbonyl (C=O) groups is 2. The van der Waals surface area contributed by atoms with Gasteiger partial charge in [0.05, 0.1) is 19.1 Å². The largest absolute Gasteiger partial charge is 0.349 e. The Hall–Kier alpha value is -1.000. The Bertz CT molecular complexity index is 1080. The van der Waals surface area contributed by atoms with E-state index in [0.717, 1.165) is 4.90 Å². The molecule has 1 fully saturated rings. The number of carbonyl (C=O) groups excluding carboxylic acids is 2. The van der Waals surface area contributed by atoms with Gasteiger partial charge in [-0.1, -0.05) is 54.5 Å². The Morgan fingerprint density at radius 1 is 1.25 bits per heavy atom. The normalized spacial score (nSPS) is 25.0. The summed E-state index contributed by atoms with van der Waals surface area (Å²) in [4.78, 5) is 26.4. The molecule has 0 saturated carbocycles. The number of halogens is 1. The minimum atomic E-state index is -1.72. The quantitative estimate of drug-likeness (QED) is 0.139. The summed E-state index contributed by atoms with van der Waals surface area (Å²) >= 11 is 0. The molecular formula is C29H44FN2O5PS2. The summed E-state index contributed by atoms with van der Waals surface area (Å²) < 4.78 is 44.7. The Morgan fingerprint density at radius 2 is 1.95 bits per heavy atom. The van der Waals surface area contributed by atoms with E-state index >= 15 is 4.39 Å². The number of hydrogen-bond acceptors (Lipinski definition) is 8. The number of rotatable bonds is 12. The molecule has 0 radical (unpaired) electrons. The van der Waals surface area contributed by atoms with Gasteiger partial charge in [-0.2, -0.15) is 0 Å². The third-order valence-electron chi connectivity index (χ3n) is 6.21. The average molecular weight is 616 g/mol. The van der Waals surface area contributed by atoms with Crippen molar-refractivity contribution >= 4 is 41.8 Å². The summed E-state index contributed by atoms with van der Waals surface area (Å²) in [7, 11) is 1.86. The molecule has 0 aliphatic carbocycles. The van der Waals surface area contributed by atoms with Gasteiger partial charge in [-0.3, -0.25) is 14.5 Å². The number of aryl methyl sites for hydroxylation is 1. The number of ketones is 1. The van der Waals surface area contributed by atoms with Crippen LogP contribution in [-0.4, -0.2) is 69.3 Å². The SMILES string of the molecule is [2H]CC1OC(N2C=CC(=O)CC2=O)C(F)C1OP(OCCc1ccc(C)cc1SSC(C)(C)C)N(C(C)C)C(C)C. The maximum Gasteiger partial charge on any atom is 0.259 e. The van der Waals surface area contributed by atoms with Crippen LogP contribution in [0, 0.1) is 6.92 Å². The lowest BCUT2D eigenvalue weighted by Crippen LogP contribution is -2.45. The van der Waals surface area contributed by atoms with Crippen molar-refractivity contribution in [2.24, 2.45) is 0 Å². The summed E-state index contributed by atoms with van der Waals surface area (Å²) in [5.74, 6) is -0.867. The lowest BCUT2D eigenvalue weighted by Gasteiger charge is -2.37. The fraction of sp³-hybridized carbons (Fsp3) is 0.655. The van der Waals surface area contributed by atoms with Crippen molar-refractivity contribution in [1.29, 1.82) is 0 Å². The van der Waals surface area contributed by atoms with E-state index in [4.69, 9.17) is 15.2 Å².